The predicted molar refractivity (Wildman–Crippen MR) is 60.6 cm³/mol. The zero-order chi connectivity index (χ0) is 10.1. The van der Waals surface area contributed by atoms with Crippen LogP contribution in [0.15, 0.2) is 41.8 Å². The van der Waals surface area contributed by atoms with Gasteiger partial charge in [-0.15, -0.1) is 17.2 Å². The van der Waals surface area contributed by atoms with Crippen molar-refractivity contribution in [3.8, 4) is 0 Å². The van der Waals surface area contributed by atoms with Gasteiger partial charge in [-0.1, -0.05) is 34.8 Å². The molecule has 0 spiro atoms. The molecule has 0 N–H and O–H groups in total. The molecule has 0 atom stereocenters. The summed E-state index contributed by atoms with van der Waals surface area (Å²) in [5.74, 6) is 0. The van der Waals surface area contributed by atoms with Gasteiger partial charge >= 0.3 is 18.9 Å². The molecule has 0 amide bonds. The molecule has 5 heteroatoms. The third kappa shape index (κ3) is 2.00. The van der Waals surface area contributed by atoms with Crippen molar-refractivity contribution >= 4 is 22.4 Å². The van der Waals surface area contributed by atoms with Crippen LogP contribution in [0.4, 0.5) is 0 Å². The summed E-state index contributed by atoms with van der Waals surface area (Å²) in [7, 11) is 0. The van der Waals surface area contributed by atoms with E-state index in [0.29, 0.717) is 0 Å². The van der Waals surface area contributed by atoms with E-state index in [-0.39, 0.29) is 18.9 Å². The van der Waals surface area contributed by atoms with Crippen LogP contribution in [0.5, 0.6) is 0 Å². The van der Waals surface area contributed by atoms with Gasteiger partial charge in [-0.05, 0) is 17.0 Å². The average molecular weight is 221 g/mol. The van der Waals surface area contributed by atoms with Crippen LogP contribution in [0.1, 0.15) is 4.88 Å². The maximum Gasteiger partial charge on any atom is 1.00 e. The average Bonchev–Trinajstić information content (AvgIpc) is 2.89. The molecule has 3 nitrogen and oxygen atoms in total. The van der Waals surface area contributed by atoms with Crippen molar-refractivity contribution in [2.24, 2.45) is 0 Å². The van der Waals surface area contributed by atoms with E-state index in [1.165, 1.54) is 4.88 Å². The SMILES string of the molecule is [Li+].c1csc([CH-]n2nnc3ccccc32)c1. The number of hydrogen-bond donors (Lipinski definition) is 0. The first-order chi connectivity index (χ1) is 7.43. The number of benzene rings is 1. The summed E-state index contributed by atoms with van der Waals surface area (Å²) in [5.41, 5.74) is 1.95. The van der Waals surface area contributed by atoms with E-state index in [9.17, 15) is 0 Å². The first-order valence-electron chi connectivity index (χ1n) is 4.62. The van der Waals surface area contributed by atoms with Gasteiger partial charge in [-0.25, -0.2) is 0 Å². The molecule has 0 saturated heterocycles. The zero-order valence-corrected chi connectivity index (χ0v) is 9.69. The Labute approximate surface area is 109 Å². The fraction of sp³-hybridized carbons (Fsp3) is 0. The summed E-state index contributed by atoms with van der Waals surface area (Å²) >= 11 is 1.69. The van der Waals surface area contributed by atoms with Gasteiger partial charge in [0.2, 0.25) is 0 Å². The van der Waals surface area contributed by atoms with Gasteiger partial charge in [-0.3, -0.25) is 0 Å². The van der Waals surface area contributed by atoms with Crippen LogP contribution in [0.25, 0.3) is 11.0 Å². The number of thiophene rings is 1. The van der Waals surface area contributed by atoms with E-state index < -0.39 is 0 Å². The molecule has 3 aromatic rings. The van der Waals surface area contributed by atoms with Crippen LogP contribution < -0.4 is 18.9 Å². The zero-order valence-electron chi connectivity index (χ0n) is 8.87. The molecule has 0 aliphatic heterocycles. The molecule has 2 aromatic heterocycles. The number of fused-ring (bicyclic) bond motifs is 1. The Morgan fingerprint density at radius 3 is 2.81 bits per heavy atom. The van der Waals surface area contributed by atoms with Crippen LogP contribution in [0.2, 0.25) is 0 Å². The molecule has 3 rings (SSSR count). The van der Waals surface area contributed by atoms with Crippen molar-refractivity contribution in [2.75, 3.05) is 0 Å². The van der Waals surface area contributed by atoms with Gasteiger partial charge in [0.1, 0.15) is 0 Å². The van der Waals surface area contributed by atoms with Gasteiger partial charge in [-0.2, -0.15) is 11.3 Å². The quantitative estimate of drug-likeness (QED) is 0.433. The normalized spacial score (nSPS) is 10.0. The van der Waals surface area contributed by atoms with E-state index in [1.807, 2.05) is 42.3 Å². The Hall–Kier alpha value is -1.21. The van der Waals surface area contributed by atoms with E-state index in [4.69, 9.17) is 0 Å². The number of nitrogens with zero attached hydrogens (tertiary/aromatic N) is 3. The number of para-hydroxylation sites is 1. The van der Waals surface area contributed by atoms with Crippen LogP contribution in [0, 0.1) is 6.54 Å². The summed E-state index contributed by atoms with van der Waals surface area (Å²) in [6.07, 6.45) is 0. The van der Waals surface area contributed by atoms with Crippen molar-refractivity contribution in [2.45, 2.75) is 0 Å². The minimum Gasteiger partial charge on any atom is -0.323 e. The molecule has 0 aliphatic rings. The van der Waals surface area contributed by atoms with Crippen LogP contribution >= 0.6 is 11.3 Å². The molecule has 74 valence electrons. The van der Waals surface area contributed by atoms with Gasteiger partial charge < -0.3 is 4.68 Å². The Balaban J connectivity index is 0.000000963. The first kappa shape index (κ1) is 11.3. The van der Waals surface area contributed by atoms with E-state index in [1.54, 1.807) is 16.0 Å². The summed E-state index contributed by atoms with van der Waals surface area (Å²) < 4.78 is 1.81. The second kappa shape index (κ2) is 4.75. The standard InChI is InChI=1S/C11H8N3S.Li/c1-2-6-11-10(5-1)12-13-14(11)8-9-4-3-7-15-9;/h1-8H;/q-1;+1. The summed E-state index contributed by atoms with van der Waals surface area (Å²) in [5, 5.41) is 10.2. The molecule has 1 aromatic carbocycles. The number of rotatable bonds is 2. The molecular weight excluding hydrogens is 213 g/mol. The third-order valence-corrected chi connectivity index (χ3v) is 2.98. The summed E-state index contributed by atoms with van der Waals surface area (Å²) in [4.78, 5) is 1.17. The van der Waals surface area contributed by atoms with E-state index in [2.05, 4.69) is 16.4 Å². The Bertz CT molecular complexity index is 574. The largest absolute Gasteiger partial charge is 1.00 e. The molecule has 16 heavy (non-hydrogen) atoms. The van der Waals surface area contributed by atoms with Gasteiger partial charge in [0.15, 0.2) is 0 Å². The Kier molecular flexibility index (Phi) is 3.35. The maximum atomic E-state index is 4.09. The van der Waals surface area contributed by atoms with E-state index in [0.717, 1.165) is 11.0 Å². The molecular formula is C11H8LiN3S. The van der Waals surface area contributed by atoms with Crippen molar-refractivity contribution in [1.29, 1.82) is 0 Å². The van der Waals surface area contributed by atoms with Crippen molar-refractivity contribution < 1.29 is 18.9 Å². The predicted octanol–water partition coefficient (Wildman–Crippen LogP) is -0.445. The minimum atomic E-state index is 0. The minimum absolute atomic E-state index is 0. The first-order valence-corrected chi connectivity index (χ1v) is 5.50. The molecule has 0 unspecified atom stereocenters. The van der Waals surface area contributed by atoms with Crippen LogP contribution in [-0.2, 0) is 0 Å². The van der Waals surface area contributed by atoms with Crippen molar-refractivity contribution in [3.63, 3.8) is 0 Å². The maximum absolute atomic E-state index is 4.09. The van der Waals surface area contributed by atoms with Gasteiger partial charge in [0, 0.05) is 0 Å². The molecule has 0 bridgehead atoms. The molecule has 0 fully saturated rings. The summed E-state index contributed by atoms with van der Waals surface area (Å²) in [6, 6.07) is 12.0. The van der Waals surface area contributed by atoms with Gasteiger partial charge in [0.25, 0.3) is 0 Å². The molecule has 0 aliphatic carbocycles. The topological polar surface area (TPSA) is 30.7 Å². The number of aromatic nitrogens is 3. The fourth-order valence-electron chi connectivity index (χ4n) is 1.47. The van der Waals surface area contributed by atoms with Gasteiger partial charge in [0.05, 0.1) is 5.52 Å². The molecule has 2 heterocycles. The second-order valence-electron chi connectivity index (χ2n) is 3.17. The molecule has 0 radical (unpaired) electrons. The van der Waals surface area contributed by atoms with E-state index >= 15 is 0 Å². The summed E-state index contributed by atoms with van der Waals surface area (Å²) in [6.45, 7) is 1.99. The molecule has 0 saturated carbocycles. The van der Waals surface area contributed by atoms with Crippen LogP contribution in [0.3, 0.4) is 0 Å². The van der Waals surface area contributed by atoms with Crippen molar-refractivity contribution in [1.82, 2.24) is 15.0 Å². The van der Waals surface area contributed by atoms with Crippen molar-refractivity contribution in [3.05, 3.63) is 53.2 Å². The Morgan fingerprint density at radius 2 is 2.00 bits per heavy atom. The van der Waals surface area contributed by atoms with Crippen LogP contribution in [-0.4, -0.2) is 15.0 Å². The Morgan fingerprint density at radius 1 is 1.12 bits per heavy atom. The monoisotopic (exact) mass is 221 g/mol. The smallest absolute Gasteiger partial charge is 0.323 e. The fourth-order valence-corrected chi connectivity index (χ4v) is 2.10. The third-order valence-electron chi connectivity index (χ3n) is 2.17. The second-order valence-corrected chi connectivity index (χ2v) is 4.15. The number of hydrogen-bond acceptors (Lipinski definition) is 3.